The van der Waals surface area contributed by atoms with Gasteiger partial charge in [-0.25, -0.2) is 0 Å². The van der Waals surface area contributed by atoms with Gasteiger partial charge >= 0.3 is 0 Å². The Morgan fingerprint density at radius 3 is 1.14 bits per heavy atom. The van der Waals surface area contributed by atoms with Gasteiger partial charge in [0.15, 0.2) is 0 Å². The molecule has 0 aliphatic rings. The fourth-order valence-corrected chi connectivity index (χ4v) is 8.57. The van der Waals surface area contributed by atoms with Gasteiger partial charge in [0.2, 0.25) is 0 Å². The minimum atomic E-state index is 0.824. The first-order valence-corrected chi connectivity index (χ1v) is 19.6. The minimum absolute atomic E-state index is 0.824. The molecule has 3 aromatic heterocycles. The van der Waals surface area contributed by atoms with Crippen molar-refractivity contribution in [3.05, 3.63) is 200 Å². The molecule has 9 aromatic carbocycles. The van der Waals surface area contributed by atoms with E-state index in [1.165, 1.54) is 22.3 Å². The third kappa shape index (κ3) is 5.31. The number of anilines is 3. The highest BCUT2D eigenvalue weighted by Gasteiger charge is 2.19. The topological polar surface area (TPSA) is 42.7 Å². The predicted octanol–water partition coefficient (Wildman–Crippen LogP) is 15.9. The number of fused-ring (bicyclic) bond motifs is 9. The average Bonchev–Trinajstić information content (AvgIpc) is 3.96. The maximum Gasteiger partial charge on any atom is 0.136 e. The van der Waals surface area contributed by atoms with E-state index in [2.05, 4.69) is 193 Å². The first-order chi connectivity index (χ1) is 28.7. The van der Waals surface area contributed by atoms with Crippen molar-refractivity contribution in [2.75, 3.05) is 4.90 Å². The number of nitrogens with zero attached hydrogens (tertiary/aromatic N) is 1. The predicted molar refractivity (Wildman–Crippen MR) is 239 cm³/mol. The Morgan fingerprint density at radius 1 is 0.224 bits per heavy atom. The van der Waals surface area contributed by atoms with Crippen LogP contribution in [0.5, 0.6) is 0 Å². The number of para-hydroxylation sites is 1. The largest absolute Gasteiger partial charge is 0.456 e. The second-order valence-corrected chi connectivity index (χ2v) is 14.9. The Kier molecular flexibility index (Phi) is 7.20. The van der Waals surface area contributed by atoms with Crippen LogP contribution in [0.1, 0.15) is 0 Å². The molecule has 0 saturated heterocycles. The molecule has 0 spiro atoms. The lowest BCUT2D eigenvalue weighted by molar-refractivity contribution is 0.664. The van der Waals surface area contributed by atoms with Crippen molar-refractivity contribution in [1.29, 1.82) is 0 Å². The zero-order valence-corrected chi connectivity index (χ0v) is 31.2. The van der Waals surface area contributed by atoms with Crippen LogP contribution in [0.4, 0.5) is 17.1 Å². The molecule has 0 aliphatic heterocycles. The quantitative estimate of drug-likeness (QED) is 0.170. The Labute approximate surface area is 333 Å². The van der Waals surface area contributed by atoms with E-state index in [9.17, 15) is 0 Å². The van der Waals surface area contributed by atoms with Crippen LogP contribution in [0.2, 0.25) is 0 Å². The van der Waals surface area contributed by atoms with Gasteiger partial charge in [0.25, 0.3) is 0 Å². The molecule has 12 rings (SSSR count). The van der Waals surface area contributed by atoms with Crippen molar-refractivity contribution in [2.45, 2.75) is 0 Å². The highest BCUT2D eigenvalue weighted by Crippen LogP contribution is 2.43. The van der Waals surface area contributed by atoms with Gasteiger partial charge in [0.1, 0.15) is 33.5 Å². The van der Waals surface area contributed by atoms with Crippen LogP contribution in [0.15, 0.2) is 213 Å². The molecule has 0 fully saturated rings. The Bertz CT molecular complexity index is 3400. The molecule has 0 saturated carbocycles. The Balaban J connectivity index is 0.961. The van der Waals surface area contributed by atoms with Gasteiger partial charge in [-0.3, -0.25) is 0 Å². The van der Waals surface area contributed by atoms with Gasteiger partial charge in [-0.15, -0.1) is 0 Å². The van der Waals surface area contributed by atoms with Crippen molar-refractivity contribution in [1.82, 2.24) is 0 Å². The SMILES string of the molecule is c1ccc(-c2ccc(N(c3ccc(-c4ccccc4)cc3)c3ccc4oc5cc6c(cc5c4c3)oc3ccc(-c4ccc5oc7ccccc7c5c4)cc36)cc2)cc1. The molecule has 4 nitrogen and oxygen atoms in total. The molecule has 0 amide bonds. The van der Waals surface area contributed by atoms with Crippen LogP contribution in [0.25, 0.3) is 99.2 Å². The third-order valence-corrected chi connectivity index (χ3v) is 11.5. The lowest BCUT2D eigenvalue weighted by atomic mass is 10.0. The summed E-state index contributed by atoms with van der Waals surface area (Å²) in [6, 6.07) is 70.4. The third-order valence-electron chi connectivity index (χ3n) is 11.5. The van der Waals surface area contributed by atoms with Crippen molar-refractivity contribution in [2.24, 2.45) is 0 Å². The molecular formula is C54H33NO3. The van der Waals surface area contributed by atoms with Crippen molar-refractivity contribution in [3.8, 4) is 33.4 Å². The van der Waals surface area contributed by atoms with E-state index in [0.717, 1.165) is 94.0 Å². The molecule has 58 heavy (non-hydrogen) atoms. The average molecular weight is 744 g/mol. The standard InChI is InChI=1S/C54H33NO3/c1-3-9-34(10-4-1)36-15-21-40(22-16-36)55(41-23-17-37(18-24-41)35-11-5-2-6-12-35)42-25-28-52-46(31-42)48-33-53-47(32-54(48)58-52)45-30-39(20-27-51(45)57-53)38-19-26-50-44(29-38)43-13-7-8-14-49(43)56-50/h1-33H. The van der Waals surface area contributed by atoms with E-state index >= 15 is 0 Å². The van der Waals surface area contributed by atoms with Gasteiger partial charge in [0.05, 0.1) is 0 Å². The van der Waals surface area contributed by atoms with E-state index in [1.54, 1.807) is 0 Å². The summed E-state index contributed by atoms with van der Waals surface area (Å²) in [5.74, 6) is 0. The summed E-state index contributed by atoms with van der Waals surface area (Å²) in [7, 11) is 0. The summed E-state index contributed by atoms with van der Waals surface area (Å²) in [5.41, 5.74) is 15.3. The molecule has 12 aromatic rings. The van der Waals surface area contributed by atoms with Crippen LogP contribution in [-0.2, 0) is 0 Å². The number of rotatable bonds is 6. The second kappa shape index (κ2) is 12.9. The van der Waals surface area contributed by atoms with Crippen LogP contribution in [0, 0.1) is 0 Å². The summed E-state index contributed by atoms with van der Waals surface area (Å²) >= 11 is 0. The van der Waals surface area contributed by atoms with Crippen LogP contribution in [0.3, 0.4) is 0 Å². The first-order valence-electron chi connectivity index (χ1n) is 19.6. The minimum Gasteiger partial charge on any atom is -0.456 e. The molecule has 3 heterocycles. The van der Waals surface area contributed by atoms with Gasteiger partial charge in [-0.2, -0.15) is 0 Å². The van der Waals surface area contributed by atoms with Gasteiger partial charge in [-0.1, -0.05) is 115 Å². The maximum absolute atomic E-state index is 6.58. The summed E-state index contributed by atoms with van der Waals surface area (Å²) in [5, 5.41) is 6.35. The zero-order valence-electron chi connectivity index (χ0n) is 31.2. The lowest BCUT2D eigenvalue weighted by Gasteiger charge is -2.26. The molecule has 4 heteroatoms. The maximum atomic E-state index is 6.58. The van der Waals surface area contributed by atoms with E-state index < -0.39 is 0 Å². The van der Waals surface area contributed by atoms with Crippen LogP contribution in [-0.4, -0.2) is 0 Å². The Hall–Kier alpha value is -7.82. The summed E-state index contributed by atoms with van der Waals surface area (Å²) in [6.45, 7) is 0. The normalized spacial score (nSPS) is 11.8. The highest BCUT2D eigenvalue weighted by atomic mass is 16.3. The van der Waals surface area contributed by atoms with Crippen LogP contribution < -0.4 is 4.90 Å². The molecule has 0 N–H and O–H groups in total. The van der Waals surface area contributed by atoms with E-state index in [0.29, 0.717) is 0 Å². The molecule has 0 radical (unpaired) electrons. The van der Waals surface area contributed by atoms with Gasteiger partial charge in [0, 0.05) is 49.4 Å². The van der Waals surface area contributed by atoms with Crippen molar-refractivity contribution < 1.29 is 13.3 Å². The molecule has 0 unspecified atom stereocenters. The van der Waals surface area contributed by atoms with E-state index in [4.69, 9.17) is 13.3 Å². The first kappa shape index (κ1) is 32.4. The smallest absolute Gasteiger partial charge is 0.136 e. The summed E-state index contributed by atoms with van der Waals surface area (Å²) < 4.78 is 19.2. The number of furan rings is 3. The number of benzene rings is 9. The van der Waals surface area contributed by atoms with Crippen molar-refractivity contribution >= 4 is 82.9 Å². The van der Waals surface area contributed by atoms with E-state index in [1.807, 2.05) is 12.1 Å². The molecule has 0 aliphatic carbocycles. The molecule has 272 valence electrons. The summed E-state index contributed by atoms with van der Waals surface area (Å²) in [4.78, 5) is 2.31. The number of hydrogen-bond acceptors (Lipinski definition) is 4. The Morgan fingerprint density at radius 2 is 0.586 bits per heavy atom. The van der Waals surface area contributed by atoms with Gasteiger partial charge in [-0.05, 0) is 118 Å². The summed E-state index contributed by atoms with van der Waals surface area (Å²) in [6.07, 6.45) is 0. The second-order valence-electron chi connectivity index (χ2n) is 14.9. The monoisotopic (exact) mass is 743 g/mol. The molecule has 0 bridgehead atoms. The van der Waals surface area contributed by atoms with Crippen molar-refractivity contribution in [3.63, 3.8) is 0 Å². The fraction of sp³-hybridized carbons (Fsp3) is 0. The molecular weight excluding hydrogens is 711 g/mol. The molecule has 0 atom stereocenters. The number of hydrogen-bond donors (Lipinski definition) is 0. The lowest BCUT2D eigenvalue weighted by Crippen LogP contribution is -2.09. The van der Waals surface area contributed by atoms with Gasteiger partial charge < -0.3 is 18.2 Å². The van der Waals surface area contributed by atoms with Crippen LogP contribution >= 0.6 is 0 Å². The highest BCUT2D eigenvalue weighted by molar-refractivity contribution is 6.16. The zero-order chi connectivity index (χ0) is 38.2. The van der Waals surface area contributed by atoms with E-state index in [-0.39, 0.29) is 0 Å². The fourth-order valence-electron chi connectivity index (χ4n) is 8.57.